The Morgan fingerprint density at radius 1 is 1.36 bits per heavy atom. The first-order valence-electron chi connectivity index (χ1n) is 5.23. The molecule has 2 rings (SSSR count). The summed E-state index contributed by atoms with van der Waals surface area (Å²) < 4.78 is 0. The SMILES string of the molecule is CC(C)(C)c1ccc(C(Br)C2CC2)s1. The van der Waals surface area contributed by atoms with Crippen molar-refractivity contribution in [2.45, 2.75) is 43.9 Å². The molecule has 0 spiro atoms. The third-order valence-corrected chi connectivity index (χ3v) is 5.81. The van der Waals surface area contributed by atoms with E-state index in [-0.39, 0.29) is 0 Å². The Kier molecular flexibility index (Phi) is 2.78. The van der Waals surface area contributed by atoms with Gasteiger partial charge >= 0.3 is 0 Å². The van der Waals surface area contributed by atoms with E-state index in [1.807, 2.05) is 11.3 Å². The van der Waals surface area contributed by atoms with Gasteiger partial charge in [0.2, 0.25) is 0 Å². The molecule has 1 aliphatic rings. The van der Waals surface area contributed by atoms with E-state index in [0.29, 0.717) is 10.2 Å². The molecule has 1 fully saturated rings. The van der Waals surface area contributed by atoms with E-state index in [9.17, 15) is 0 Å². The second-order valence-electron chi connectivity index (χ2n) is 5.19. The minimum Gasteiger partial charge on any atom is -0.144 e. The van der Waals surface area contributed by atoms with Crippen molar-refractivity contribution in [1.82, 2.24) is 0 Å². The van der Waals surface area contributed by atoms with Gasteiger partial charge in [-0.3, -0.25) is 0 Å². The average Bonchev–Trinajstić information content (AvgIpc) is 2.79. The zero-order valence-electron chi connectivity index (χ0n) is 9.01. The van der Waals surface area contributed by atoms with Crippen LogP contribution in [0.15, 0.2) is 12.1 Å². The Morgan fingerprint density at radius 3 is 2.43 bits per heavy atom. The first-order valence-corrected chi connectivity index (χ1v) is 6.96. The van der Waals surface area contributed by atoms with Gasteiger partial charge in [-0.1, -0.05) is 36.7 Å². The van der Waals surface area contributed by atoms with Crippen LogP contribution in [0.25, 0.3) is 0 Å². The molecular weight excluding hydrogens is 256 g/mol. The van der Waals surface area contributed by atoms with Crippen LogP contribution in [0.5, 0.6) is 0 Å². The van der Waals surface area contributed by atoms with Gasteiger partial charge in [0.1, 0.15) is 0 Å². The maximum Gasteiger partial charge on any atom is 0.0517 e. The monoisotopic (exact) mass is 272 g/mol. The van der Waals surface area contributed by atoms with Crippen LogP contribution in [-0.4, -0.2) is 0 Å². The van der Waals surface area contributed by atoms with E-state index in [1.165, 1.54) is 22.6 Å². The van der Waals surface area contributed by atoms with Crippen LogP contribution in [0, 0.1) is 5.92 Å². The van der Waals surface area contributed by atoms with E-state index in [1.54, 1.807) is 0 Å². The predicted octanol–water partition coefficient (Wildman–Crippen LogP) is 4.89. The van der Waals surface area contributed by atoms with Crippen LogP contribution >= 0.6 is 27.3 Å². The molecule has 0 saturated heterocycles. The smallest absolute Gasteiger partial charge is 0.0517 e. The van der Waals surface area contributed by atoms with E-state index >= 15 is 0 Å². The van der Waals surface area contributed by atoms with Gasteiger partial charge in [-0.15, -0.1) is 11.3 Å². The highest BCUT2D eigenvalue weighted by atomic mass is 79.9. The molecule has 1 heterocycles. The summed E-state index contributed by atoms with van der Waals surface area (Å²) in [7, 11) is 0. The number of halogens is 1. The molecule has 78 valence electrons. The molecule has 0 N–H and O–H groups in total. The van der Waals surface area contributed by atoms with Gasteiger partial charge < -0.3 is 0 Å². The Bertz CT molecular complexity index is 317. The summed E-state index contributed by atoms with van der Waals surface area (Å²) in [4.78, 5) is 3.62. The molecule has 1 aliphatic carbocycles. The molecule has 0 nitrogen and oxygen atoms in total. The number of hydrogen-bond donors (Lipinski definition) is 0. The average molecular weight is 273 g/mol. The van der Waals surface area contributed by atoms with Crippen molar-refractivity contribution in [1.29, 1.82) is 0 Å². The summed E-state index contributed by atoms with van der Waals surface area (Å²) in [5, 5.41) is 0. The highest BCUT2D eigenvalue weighted by molar-refractivity contribution is 9.09. The van der Waals surface area contributed by atoms with Gasteiger partial charge in [-0.2, -0.15) is 0 Å². The molecule has 1 aromatic heterocycles. The number of rotatable bonds is 2. The lowest BCUT2D eigenvalue weighted by atomic mass is 9.95. The predicted molar refractivity (Wildman–Crippen MR) is 67.4 cm³/mol. The largest absolute Gasteiger partial charge is 0.144 e. The Hall–Kier alpha value is 0.180. The summed E-state index contributed by atoms with van der Waals surface area (Å²) in [5.74, 6) is 0.904. The quantitative estimate of drug-likeness (QED) is 0.673. The molecule has 1 aromatic rings. The third-order valence-electron chi connectivity index (χ3n) is 2.67. The summed E-state index contributed by atoms with van der Waals surface area (Å²) in [6.07, 6.45) is 2.80. The number of thiophene rings is 1. The number of alkyl halides is 1. The summed E-state index contributed by atoms with van der Waals surface area (Å²) in [6, 6.07) is 4.58. The Morgan fingerprint density at radius 2 is 2.00 bits per heavy atom. The second kappa shape index (κ2) is 3.64. The summed E-state index contributed by atoms with van der Waals surface area (Å²) in [5.41, 5.74) is 0.305. The molecule has 0 radical (unpaired) electrons. The molecular formula is C12H17BrS. The van der Waals surface area contributed by atoms with Crippen molar-refractivity contribution in [3.8, 4) is 0 Å². The molecule has 2 heteroatoms. The zero-order valence-corrected chi connectivity index (χ0v) is 11.4. The van der Waals surface area contributed by atoms with Gasteiger partial charge in [-0.05, 0) is 36.3 Å². The standard InChI is InChI=1S/C12H17BrS/c1-12(2,3)10-7-6-9(14-10)11(13)8-4-5-8/h6-8,11H,4-5H2,1-3H3. The molecule has 0 aromatic carbocycles. The lowest BCUT2D eigenvalue weighted by molar-refractivity contribution is 0.604. The van der Waals surface area contributed by atoms with Gasteiger partial charge in [0, 0.05) is 9.75 Å². The maximum atomic E-state index is 3.80. The van der Waals surface area contributed by atoms with Gasteiger partial charge in [0.05, 0.1) is 4.83 Å². The molecule has 0 amide bonds. The van der Waals surface area contributed by atoms with Crippen LogP contribution in [0.2, 0.25) is 0 Å². The van der Waals surface area contributed by atoms with Gasteiger partial charge in [0.25, 0.3) is 0 Å². The van der Waals surface area contributed by atoms with Crippen LogP contribution in [0.1, 0.15) is 48.2 Å². The van der Waals surface area contributed by atoms with E-state index < -0.39 is 0 Å². The first-order chi connectivity index (χ1) is 6.48. The Balaban J connectivity index is 2.16. The van der Waals surface area contributed by atoms with E-state index in [2.05, 4.69) is 48.8 Å². The van der Waals surface area contributed by atoms with Crippen molar-refractivity contribution < 1.29 is 0 Å². The fraction of sp³-hybridized carbons (Fsp3) is 0.667. The lowest BCUT2D eigenvalue weighted by Crippen LogP contribution is -2.07. The highest BCUT2D eigenvalue weighted by Gasteiger charge is 2.31. The topological polar surface area (TPSA) is 0 Å². The highest BCUT2D eigenvalue weighted by Crippen LogP contribution is 2.48. The maximum absolute atomic E-state index is 3.80. The fourth-order valence-electron chi connectivity index (χ4n) is 1.53. The molecule has 1 atom stereocenters. The van der Waals surface area contributed by atoms with Gasteiger partial charge in [-0.25, -0.2) is 0 Å². The van der Waals surface area contributed by atoms with Crippen LogP contribution in [-0.2, 0) is 5.41 Å². The van der Waals surface area contributed by atoms with Crippen molar-refractivity contribution in [2.75, 3.05) is 0 Å². The van der Waals surface area contributed by atoms with Crippen molar-refractivity contribution in [3.63, 3.8) is 0 Å². The van der Waals surface area contributed by atoms with Crippen molar-refractivity contribution >= 4 is 27.3 Å². The van der Waals surface area contributed by atoms with E-state index in [4.69, 9.17) is 0 Å². The molecule has 1 saturated carbocycles. The van der Waals surface area contributed by atoms with Crippen LogP contribution in [0.3, 0.4) is 0 Å². The summed E-state index contributed by atoms with van der Waals surface area (Å²) >= 11 is 5.77. The normalized spacial score (nSPS) is 19.7. The Labute approximate surface area is 98.9 Å². The zero-order chi connectivity index (χ0) is 10.3. The minimum absolute atomic E-state index is 0.305. The minimum atomic E-state index is 0.305. The van der Waals surface area contributed by atoms with Crippen LogP contribution in [0.4, 0.5) is 0 Å². The summed E-state index contributed by atoms with van der Waals surface area (Å²) in [6.45, 7) is 6.84. The molecule has 14 heavy (non-hydrogen) atoms. The lowest BCUT2D eigenvalue weighted by Gasteiger charge is -2.15. The molecule has 0 aliphatic heterocycles. The first kappa shape index (κ1) is 10.7. The molecule has 1 unspecified atom stereocenters. The van der Waals surface area contributed by atoms with Crippen molar-refractivity contribution in [3.05, 3.63) is 21.9 Å². The third kappa shape index (κ3) is 2.22. The van der Waals surface area contributed by atoms with Gasteiger partial charge in [0.15, 0.2) is 0 Å². The van der Waals surface area contributed by atoms with Crippen LogP contribution < -0.4 is 0 Å². The van der Waals surface area contributed by atoms with Crippen molar-refractivity contribution in [2.24, 2.45) is 5.92 Å². The number of hydrogen-bond acceptors (Lipinski definition) is 1. The second-order valence-corrected chi connectivity index (χ2v) is 7.29. The molecule has 0 bridgehead atoms. The van der Waals surface area contributed by atoms with E-state index in [0.717, 1.165) is 5.92 Å². The fourth-order valence-corrected chi connectivity index (χ4v) is 3.62.